The smallest absolute Gasteiger partial charge is 0.165 e. The number of aldehydes is 1. The van der Waals surface area contributed by atoms with E-state index in [2.05, 4.69) is 0 Å². The number of ether oxygens (including phenoxy) is 3. The first kappa shape index (κ1) is 14.8. The molecule has 0 saturated heterocycles. The van der Waals surface area contributed by atoms with Crippen molar-refractivity contribution in [3.8, 4) is 17.2 Å². The van der Waals surface area contributed by atoms with Crippen LogP contribution in [-0.2, 0) is 6.61 Å². The Morgan fingerprint density at radius 1 is 1.05 bits per heavy atom. The van der Waals surface area contributed by atoms with Crippen molar-refractivity contribution in [3.05, 3.63) is 53.3 Å². The van der Waals surface area contributed by atoms with Gasteiger partial charge in [-0.25, -0.2) is 4.39 Å². The summed E-state index contributed by atoms with van der Waals surface area (Å²) >= 11 is 0. The third kappa shape index (κ3) is 3.51. The van der Waals surface area contributed by atoms with Gasteiger partial charge >= 0.3 is 0 Å². The van der Waals surface area contributed by atoms with Crippen LogP contribution in [0.2, 0.25) is 0 Å². The number of methoxy groups -OCH3 is 2. The Bertz CT molecular complexity index is 640. The lowest BCUT2D eigenvalue weighted by Crippen LogP contribution is -2.00. The summed E-state index contributed by atoms with van der Waals surface area (Å²) in [5, 5.41) is 0. The average molecular weight is 290 g/mol. The summed E-state index contributed by atoms with van der Waals surface area (Å²) in [5.74, 6) is 0.711. The third-order valence-electron chi connectivity index (χ3n) is 2.95. The highest BCUT2D eigenvalue weighted by Crippen LogP contribution is 2.24. The molecule has 0 N–H and O–H groups in total. The highest BCUT2D eigenvalue weighted by molar-refractivity contribution is 5.80. The van der Waals surface area contributed by atoms with Gasteiger partial charge in [-0.2, -0.15) is 0 Å². The van der Waals surface area contributed by atoms with Crippen molar-refractivity contribution in [2.24, 2.45) is 0 Å². The minimum absolute atomic E-state index is 0.147. The van der Waals surface area contributed by atoms with Crippen LogP contribution < -0.4 is 14.2 Å². The molecule has 0 spiro atoms. The first-order valence-electron chi connectivity index (χ1n) is 6.26. The molecule has 5 heteroatoms. The van der Waals surface area contributed by atoms with Crippen molar-refractivity contribution >= 4 is 6.29 Å². The maximum Gasteiger partial charge on any atom is 0.165 e. The number of carbonyl (C=O) groups excluding carboxylic acids is 1. The highest BCUT2D eigenvalue weighted by atomic mass is 19.1. The zero-order valence-electron chi connectivity index (χ0n) is 11.8. The van der Waals surface area contributed by atoms with E-state index in [1.54, 1.807) is 24.3 Å². The predicted molar refractivity (Wildman–Crippen MR) is 75.7 cm³/mol. The second-order valence-electron chi connectivity index (χ2n) is 4.28. The normalized spacial score (nSPS) is 10.0. The second-order valence-corrected chi connectivity index (χ2v) is 4.28. The van der Waals surface area contributed by atoms with E-state index in [9.17, 15) is 9.18 Å². The standard InChI is InChI=1S/C16H15FO4/c1-19-13-4-6-15(12(8-13)9-18)21-10-11-3-5-16(20-2)14(17)7-11/h3-9H,10H2,1-2H3. The summed E-state index contributed by atoms with van der Waals surface area (Å²) in [6, 6.07) is 9.48. The minimum atomic E-state index is -0.455. The number of halogens is 1. The van der Waals surface area contributed by atoms with Crippen LogP contribution in [0.3, 0.4) is 0 Å². The molecule has 110 valence electrons. The Morgan fingerprint density at radius 2 is 1.81 bits per heavy atom. The zero-order valence-corrected chi connectivity index (χ0v) is 11.8. The molecule has 0 atom stereocenters. The number of carbonyl (C=O) groups is 1. The molecule has 0 aliphatic rings. The molecule has 0 radical (unpaired) electrons. The number of hydrogen-bond acceptors (Lipinski definition) is 4. The highest BCUT2D eigenvalue weighted by Gasteiger charge is 2.07. The van der Waals surface area contributed by atoms with Gasteiger partial charge < -0.3 is 14.2 Å². The summed E-state index contributed by atoms with van der Waals surface area (Å²) in [6.07, 6.45) is 0.687. The Labute approximate surface area is 122 Å². The lowest BCUT2D eigenvalue weighted by molar-refractivity contribution is 0.111. The van der Waals surface area contributed by atoms with Crippen molar-refractivity contribution < 1.29 is 23.4 Å². The van der Waals surface area contributed by atoms with E-state index in [4.69, 9.17) is 14.2 Å². The van der Waals surface area contributed by atoms with Gasteiger partial charge in [-0.05, 0) is 35.9 Å². The maximum absolute atomic E-state index is 13.6. The average Bonchev–Trinajstić information content (AvgIpc) is 2.52. The monoisotopic (exact) mass is 290 g/mol. The minimum Gasteiger partial charge on any atom is -0.497 e. The topological polar surface area (TPSA) is 44.8 Å². The van der Waals surface area contributed by atoms with Gasteiger partial charge in [-0.3, -0.25) is 4.79 Å². The summed E-state index contributed by atoms with van der Waals surface area (Å²) in [4.78, 5) is 11.0. The second kappa shape index (κ2) is 6.74. The molecule has 0 aliphatic carbocycles. The van der Waals surface area contributed by atoms with E-state index < -0.39 is 5.82 Å². The van der Waals surface area contributed by atoms with Crippen LogP contribution in [0.15, 0.2) is 36.4 Å². The quantitative estimate of drug-likeness (QED) is 0.766. The summed E-state index contributed by atoms with van der Waals surface area (Å²) in [5.41, 5.74) is 1.02. The molecule has 0 amide bonds. The van der Waals surface area contributed by atoms with E-state index in [0.29, 0.717) is 28.9 Å². The van der Waals surface area contributed by atoms with E-state index in [1.165, 1.54) is 26.4 Å². The zero-order chi connectivity index (χ0) is 15.2. The van der Waals surface area contributed by atoms with E-state index >= 15 is 0 Å². The van der Waals surface area contributed by atoms with Crippen molar-refractivity contribution in [1.29, 1.82) is 0 Å². The molecule has 0 fully saturated rings. The summed E-state index contributed by atoms with van der Waals surface area (Å²) < 4.78 is 29.0. The van der Waals surface area contributed by atoms with Gasteiger partial charge in [0, 0.05) is 0 Å². The SMILES string of the molecule is COc1ccc(OCc2ccc(OC)c(F)c2)c(C=O)c1. The van der Waals surface area contributed by atoms with Gasteiger partial charge in [-0.1, -0.05) is 6.07 Å². The van der Waals surface area contributed by atoms with Crippen molar-refractivity contribution in [3.63, 3.8) is 0 Å². The third-order valence-corrected chi connectivity index (χ3v) is 2.95. The molecule has 2 rings (SSSR count). The molecule has 2 aromatic rings. The van der Waals surface area contributed by atoms with Crippen LogP contribution in [-0.4, -0.2) is 20.5 Å². The van der Waals surface area contributed by atoms with Crippen LogP contribution in [0, 0.1) is 5.82 Å². The number of hydrogen-bond donors (Lipinski definition) is 0. The van der Waals surface area contributed by atoms with Crippen molar-refractivity contribution in [2.45, 2.75) is 6.61 Å². The molecule has 0 saturated carbocycles. The molecule has 0 unspecified atom stereocenters. The molecule has 4 nitrogen and oxygen atoms in total. The van der Waals surface area contributed by atoms with Gasteiger partial charge in [0.05, 0.1) is 19.8 Å². The van der Waals surface area contributed by atoms with Gasteiger partial charge in [0.15, 0.2) is 17.9 Å². The summed E-state index contributed by atoms with van der Waals surface area (Å²) in [6.45, 7) is 0.147. The largest absolute Gasteiger partial charge is 0.497 e. The Balaban J connectivity index is 2.12. The van der Waals surface area contributed by atoms with Gasteiger partial charge in [0.25, 0.3) is 0 Å². The van der Waals surface area contributed by atoms with Gasteiger partial charge in [0.2, 0.25) is 0 Å². The first-order chi connectivity index (χ1) is 10.2. The van der Waals surface area contributed by atoms with Gasteiger partial charge in [0.1, 0.15) is 18.1 Å². The molecule has 21 heavy (non-hydrogen) atoms. The number of benzene rings is 2. The van der Waals surface area contributed by atoms with Gasteiger partial charge in [-0.15, -0.1) is 0 Å². The Kier molecular flexibility index (Phi) is 4.77. The molecule has 0 heterocycles. The number of rotatable bonds is 6. The van der Waals surface area contributed by atoms with Crippen LogP contribution in [0.25, 0.3) is 0 Å². The summed E-state index contributed by atoms with van der Waals surface area (Å²) in [7, 11) is 2.92. The van der Waals surface area contributed by atoms with E-state index in [0.717, 1.165) is 0 Å². The van der Waals surface area contributed by atoms with Crippen LogP contribution in [0.4, 0.5) is 4.39 Å². The van der Waals surface area contributed by atoms with Crippen molar-refractivity contribution in [2.75, 3.05) is 14.2 Å². The fourth-order valence-corrected chi connectivity index (χ4v) is 1.84. The molecule has 2 aromatic carbocycles. The molecule has 0 aliphatic heterocycles. The molecule has 0 aromatic heterocycles. The van der Waals surface area contributed by atoms with Crippen molar-refractivity contribution in [1.82, 2.24) is 0 Å². The fraction of sp³-hybridized carbons (Fsp3) is 0.188. The van der Waals surface area contributed by atoms with Crippen LogP contribution >= 0.6 is 0 Å². The fourth-order valence-electron chi connectivity index (χ4n) is 1.84. The lowest BCUT2D eigenvalue weighted by atomic mass is 10.2. The molecular weight excluding hydrogens is 275 g/mol. The molecule has 0 bridgehead atoms. The Morgan fingerprint density at radius 3 is 2.43 bits per heavy atom. The lowest BCUT2D eigenvalue weighted by Gasteiger charge is -2.10. The maximum atomic E-state index is 13.6. The van der Waals surface area contributed by atoms with Crippen LogP contribution in [0.5, 0.6) is 17.2 Å². The van der Waals surface area contributed by atoms with Crippen LogP contribution in [0.1, 0.15) is 15.9 Å². The van der Waals surface area contributed by atoms with E-state index in [-0.39, 0.29) is 12.4 Å². The Hall–Kier alpha value is -2.56. The van der Waals surface area contributed by atoms with E-state index in [1.807, 2.05) is 0 Å². The molecular formula is C16H15FO4. The predicted octanol–water partition coefficient (Wildman–Crippen LogP) is 3.23. The first-order valence-corrected chi connectivity index (χ1v) is 6.26.